The summed E-state index contributed by atoms with van der Waals surface area (Å²) in [6, 6.07) is 5.52. The molecule has 2 aliphatic rings. The Kier molecular flexibility index (Phi) is 7.35. The van der Waals surface area contributed by atoms with Crippen molar-refractivity contribution in [1.82, 2.24) is 9.80 Å². The number of carbonyl (C=O) groups is 1. The molecule has 150 valence electrons. The van der Waals surface area contributed by atoms with Gasteiger partial charge in [-0.1, -0.05) is 6.92 Å². The number of ether oxygens (including phenoxy) is 3. The van der Waals surface area contributed by atoms with Crippen LogP contribution in [-0.2, 0) is 4.74 Å². The quantitative estimate of drug-likeness (QED) is 0.698. The molecule has 1 aromatic carbocycles. The molecular weight excluding hydrogens is 344 g/mol. The average Bonchev–Trinajstić information content (AvgIpc) is 3.20. The van der Waals surface area contributed by atoms with E-state index in [0.717, 1.165) is 58.8 Å². The van der Waals surface area contributed by atoms with Gasteiger partial charge in [0.1, 0.15) is 0 Å². The Hall–Kier alpha value is -1.79. The number of carbonyl (C=O) groups excluding carboxylic acids is 1. The molecule has 0 radical (unpaired) electrons. The molecule has 1 atom stereocenters. The molecule has 0 aliphatic carbocycles. The first kappa shape index (κ1) is 20.0. The number of amides is 1. The second kappa shape index (κ2) is 9.95. The zero-order valence-electron chi connectivity index (χ0n) is 16.6. The van der Waals surface area contributed by atoms with E-state index in [0.29, 0.717) is 36.2 Å². The molecule has 2 saturated heterocycles. The first-order valence-electron chi connectivity index (χ1n) is 10.2. The maximum Gasteiger partial charge on any atom is 0.254 e. The Morgan fingerprint density at radius 3 is 2.63 bits per heavy atom. The predicted molar refractivity (Wildman–Crippen MR) is 105 cm³/mol. The second-order valence-electron chi connectivity index (χ2n) is 7.27. The van der Waals surface area contributed by atoms with Crippen LogP contribution in [0.1, 0.15) is 37.0 Å². The molecule has 0 bridgehead atoms. The monoisotopic (exact) mass is 376 g/mol. The fraction of sp³-hybridized carbons (Fsp3) is 0.667. The summed E-state index contributed by atoms with van der Waals surface area (Å²) in [6.07, 6.45) is 2.09. The van der Waals surface area contributed by atoms with Crippen molar-refractivity contribution in [3.05, 3.63) is 23.8 Å². The third-order valence-corrected chi connectivity index (χ3v) is 5.15. The van der Waals surface area contributed by atoms with Crippen LogP contribution < -0.4 is 9.47 Å². The van der Waals surface area contributed by atoms with E-state index in [1.54, 1.807) is 0 Å². The summed E-state index contributed by atoms with van der Waals surface area (Å²) in [5.74, 6) is 2.08. The summed E-state index contributed by atoms with van der Waals surface area (Å²) in [4.78, 5) is 17.3. The number of benzene rings is 1. The van der Waals surface area contributed by atoms with E-state index < -0.39 is 0 Å². The van der Waals surface area contributed by atoms with Gasteiger partial charge in [-0.2, -0.15) is 0 Å². The van der Waals surface area contributed by atoms with Crippen molar-refractivity contribution in [3.8, 4) is 11.5 Å². The Bertz CT molecular complexity index is 608. The van der Waals surface area contributed by atoms with Gasteiger partial charge in [0.2, 0.25) is 0 Å². The van der Waals surface area contributed by atoms with Gasteiger partial charge in [-0.25, -0.2) is 0 Å². The second-order valence-corrected chi connectivity index (χ2v) is 7.27. The molecule has 0 saturated carbocycles. The fourth-order valence-corrected chi connectivity index (χ4v) is 3.65. The minimum atomic E-state index is 0.0712. The smallest absolute Gasteiger partial charge is 0.254 e. The molecule has 6 nitrogen and oxygen atoms in total. The van der Waals surface area contributed by atoms with Crippen molar-refractivity contribution in [2.75, 3.05) is 59.2 Å². The maximum absolute atomic E-state index is 12.9. The molecule has 1 unspecified atom stereocenters. The van der Waals surface area contributed by atoms with Gasteiger partial charge in [0.05, 0.1) is 19.8 Å². The molecule has 2 fully saturated rings. The molecule has 2 aliphatic heterocycles. The number of piperazine rings is 1. The van der Waals surface area contributed by atoms with Crippen molar-refractivity contribution < 1.29 is 19.0 Å². The first-order chi connectivity index (χ1) is 13.2. The third-order valence-electron chi connectivity index (χ3n) is 5.15. The predicted octanol–water partition coefficient (Wildman–Crippen LogP) is 2.67. The van der Waals surface area contributed by atoms with Gasteiger partial charge in [0, 0.05) is 44.9 Å². The molecule has 27 heavy (non-hydrogen) atoms. The van der Waals surface area contributed by atoms with Gasteiger partial charge < -0.3 is 19.1 Å². The third kappa shape index (κ3) is 5.36. The Morgan fingerprint density at radius 2 is 1.96 bits per heavy atom. The highest BCUT2D eigenvalue weighted by Gasteiger charge is 2.25. The number of nitrogens with zero attached hydrogens (tertiary/aromatic N) is 2. The van der Waals surface area contributed by atoms with Crippen LogP contribution in [0.2, 0.25) is 0 Å². The lowest BCUT2D eigenvalue weighted by molar-refractivity contribution is 0.0611. The summed E-state index contributed by atoms with van der Waals surface area (Å²) < 4.78 is 16.9. The Morgan fingerprint density at radius 1 is 1.15 bits per heavy atom. The summed E-state index contributed by atoms with van der Waals surface area (Å²) in [6.45, 7) is 11.4. The van der Waals surface area contributed by atoms with E-state index in [1.165, 1.54) is 0 Å². The van der Waals surface area contributed by atoms with Crippen LogP contribution in [0.5, 0.6) is 11.5 Å². The van der Waals surface area contributed by atoms with Crippen LogP contribution in [-0.4, -0.2) is 74.9 Å². The van der Waals surface area contributed by atoms with Crippen molar-refractivity contribution >= 4 is 5.91 Å². The number of hydrogen-bond acceptors (Lipinski definition) is 5. The topological polar surface area (TPSA) is 51.2 Å². The van der Waals surface area contributed by atoms with Crippen LogP contribution in [0, 0.1) is 5.92 Å². The maximum atomic E-state index is 12.9. The highest BCUT2D eigenvalue weighted by molar-refractivity contribution is 5.95. The summed E-state index contributed by atoms with van der Waals surface area (Å²) in [7, 11) is 0. The van der Waals surface area contributed by atoms with E-state index in [9.17, 15) is 4.79 Å². The molecule has 3 rings (SSSR count). The number of rotatable bonds is 8. The summed E-state index contributed by atoms with van der Waals surface area (Å²) >= 11 is 0. The highest BCUT2D eigenvalue weighted by atomic mass is 16.5. The van der Waals surface area contributed by atoms with Crippen molar-refractivity contribution in [2.45, 2.75) is 26.7 Å². The lowest BCUT2D eigenvalue weighted by atomic mass is 10.1. The van der Waals surface area contributed by atoms with Crippen molar-refractivity contribution in [2.24, 2.45) is 5.92 Å². The minimum absolute atomic E-state index is 0.0712. The summed E-state index contributed by atoms with van der Waals surface area (Å²) in [5.41, 5.74) is 0.667. The molecule has 6 heteroatoms. The van der Waals surface area contributed by atoms with Gasteiger partial charge >= 0.3 is 0 Å². The standard InChI is InChI=1S/C21H32N2O4/c1-3-12-27-19-6-5-18(14-20(19)26-4-2)21(24)23-10-8-22(9-11-23)15-17-7-13-25-16-17/h5-6,14,17H,3-4,7-13,15-16H2,1-2H3. The fourth-order valence-electron chi connectivity index (χ4n) is 3.65. The van der Waals surface area contributed by atoms with Crippen LogP contribution in [0.4, 0.5) is 0 Å². The average molecular weight is 376 g/mol. The van der Waals surface area contributed by atoms with E-state index in [4.69, 9.17) is 14.2 Å². The zero-order chi connectivity index (χ0) is 19.1. The molecule has 0 aromatic heterocycles. The van der Waals surface area contributed by atoms with Crippen LogP contribution in [0.3, 0.4) is 0 Å². The van der Waals surface area contributed by atoms with E-state index in [-0.39, 0.29) is 5.91 Å². The molecule has 0 spiro atoms. The van der Waals surface area contributed by atoms with Gasteiger partial charge in [0.25, 0.3) is 5.91 Å². The molecule has 0 N–H and O–H groups in total. The lowest BCUT2D eigenvalue weighted by Gasteiger charge is -2.35. The van der Waals surface area contributed by atoms with Crippen molar-refractivity contribution in [1.29, 1.82) is 0 Å². The van der Waals surface area contributed by atoms with E-state index in [1.807, 2.05) is 30.0 Å². The summed E-state index contributed by atoms with van der Waals surface area (Å²) in [5, 5.41) is 0. The first-order valence-corrected chi connectivity index (χ1v) is 10.2. The van der Waals surface area contributed by atoms with E-state index in [2.05, 4.69) is 11.8 Å². The zero-order valence-corrected chi connectivity index (χ0v) is 16.6. The van der Waals surface area contributed by atoms with Gasteiger partial charge in [-0.3, -0.25) is 9.69 Å². The molecule has 1 aromatic rings. The Balaban J connectivity index is 1.57. The normalized spacial score (nSPS) is 20.7. The van der Waals surface area contributed by atoms with Gasteiger partial charge in [-0.15, -0.1) is 0 Å². The molecule has 1 amide bonds. The lowest BCUT2D eigenvalue weighted by Crippen LogP contribution is -2.49. The SMILES string of the molecule is CCCOc1ccc(C(=O)N2CCN(CC3CCOC3)CC2)cc1OCC. The molecular formula is C21H32N2O4. The van der Waals surface area contributed by atoms with Crippen molar-refractivity contribution in [3.63, 3.8) is 0 Å². The van der Waals surface area contributed by atoms with Crippen LogP contribution in [0.15, 0.2) is 18.2 Å². The van der Waals surface area contributed by atoms with Crippen LogP contribution >= 0.6 is 0 Å². The van der Waals surface area contributed by atoms with E-state index >= 15 is 0 Å². The number of hydrogen-bond donors (Lipinski definition) is 0. The largest absolute Gasteiger partial charge is 0.490 e. The minimum Gasteiger partial charge on any atom is -0.490 e. The highest BCUT2D eigenvalue weighted by Crippen LogP contribution is 2.29. The van der Waals surface area contributed by atoms with Crippen LogP contribution in [0.25, 0.3) is 0 Å². The Labute approximate surface area is 162 Å². The van der Waals surface area contributed by atoms with Gasteiger partial charge in [-0.05, 0) is 43.9 Å². The molecule has 2 heterocycles. The van der Waals surface area contributed by atoms with Gasteiger partial charge in [0.15, 0.2) is 11.5 Å².